The van der Waals surface area contributed by atoms with Gasteiger partial charge in [0.2, 0.25) is 5.13 Å². The summed E-state index contributed by atoms with van der Waals surface area (Å²) >= 11 is 7.76. The number of carboxylic acid groups (broad SMARTS) is 1. The lowest BCUT2D eigenvalue weighted by molar-refractivity contribution is -0.192. The van der Waals surface area contributed by atoms with Gasteiger partial charge in [-0.05, 0) is 18.2 Å². The van der Waals surface area contributed by atoms with Gasteiger partial charge in [0.25, 0.3) is 0 Å². The summed E-state index contributed by atoms with van der Waals surface area (Å²) in [7, 11) is 1.97. The van der Waals surface area contributed by atoms with Crippen molar-refractivity contribution in [1.82, 2.24) is 29.1 Å². The number of anilines is 2. The molecule has 0 amide bonds. The number of aromatic nitrogens is 6. The van der Waals surface area contributed by atoms with Crippen LogP contribution in [0.5, 0.6) is 0 Å². The highest BCUT2D eigenvalue weighted by molar-refractivity contribution is 7.10. The third kappa shape index (κ3) is 5.41. The Hall–Kier alpha value is -3.97. The molecule has 0 spiro atoms. The summed E-state index contributed by atoms with van der Waals surface area (Å²) in [5.41, 5.74) is 3.60. The summed E-state index contributed by atoms with van der Waals surface area (Å²) in [5.74, 6) is -1.20. The van der Waals surface area contributed by atoms with Crippen LogP contribution in [0.4, 0.5) is 24.0 Å². The van der Waals surface area contributed by atoms with E-state index in [9.17, 15) is 13.2 Å². The molecule has 2 aromatic carbocycles. The molecule has 35 heavy (non-hydrogen) atoms. The maximum Gasteiger partial charge on any atom is 0.490 e. The van der Waals surface area contributed by atoms with Crippen LogP contribution in [0.3, 0.4) is 0 Å². The Kier molecular flexibility index (Phi) is 6.71. The van der Waals surface area contributed by atoms with Crippen LogP contribution < -0.4 is 5.32 Å². The first kappa shape index (κ1) is 24.2. The molecule has 9 nitrogen and oxygen atoms in total. The molecule has 0 aliphatic carbocycles. The van der Waals surface area contributed by atoms with E-state index in [1.54, 1.807) is 12.4 Å². The number of fused-ring (bicyclic) bond motifs is 1. The molecule has 0 radical (unpaired) electrons. The Morgan fingerprint density at radius 2 is 1.97 bits per heavy atom. The molecular formula is C21H15ClF3N7O2S. The zero-order valence-electron chi connectivity index (χ0n) is 17.7. The Bertz CT molecular complexity index is 1500. The molecule has 180 valence electrons. The average molecular weight is 522 g/mol. The lowest BCUT2D eigenvalue weighted by atomic mass is 10.1. The maximum absolute atomic E-state index is 10.6. The fourth-order valence-corrected chi connectivity index (χ4v) is 3.89. The highest BCUT2D eigenvalue weighted by Gasteiger charge is 2.38. The molecule has 5 rings (SSSR count). The second-order valence-electron chi connectivity index (χ2n) is 7.05. The Labute approximate surface area is 204 Å². The number of hydrogen-bond donors (Lipinski definition) is 3. The van der Waals surface area contributed by atoms with Crippen LogP contribution in [0.15, 0.2) is 55.0 Å². The van der Waals surface area contributed by atoms with Crippen molar-refractivity contribution in [3.05, 3.63) is 60.0 Å². The summed E-state index contributed by atoms with van der Waals surface area (Å²) in [6.45, 7) is 0. The highest BCUT2D eigenvalue weighted by atomic mass is 35.5. The predicted molar refractivity (Wildman–Crippen MR) is 126 cm³/mol. The number of alkyl halides is 3. The van der Waals surface area contributed by atoms with Crippen LogP contribution in [0, 0.1) is 0 Å². The number of H-pyrrole nitrogens is 1. The molecule has 0 bridgehead atoms. The summed E-state index contributed by atoms with van der Waals surface area (Å²) in [6, 6.07) is 11.9. The second kappa shape index (κ2) is 9.72. The number of halogens is 4. The van der Waals surface area contributed by atoms with Gasteiger partial charge in [-0.3, -0.25) is 5.10 Å². The van der Waals surface area contributed by atoms with E-state index in [1.165, 1.54) is 11.5 Å². The number of aryl methyl sites for hydroxylation is 1. The minimum Gasteiger partial charge on any atom is -0.475 e. The van der Waals surface area contributed by atoms with Crippen molar-refractivity contribution < 1.29 is 23.1 Å². The molecule has 0 atom stereocenters. The van der Waals surface area contributed by atoms with Gasteiger partial charge in [0.1, 0.15) is 5.82 Å². The summed E-state index contributed by atoms with van der Waals surface area (Å²) in [6.07, 6.45) is 0.328. The van der Waals surface area contributed by atoms with Gasteiger partial charge in [-0.2, -0.15) is 27.6 Å². The molecule has 0 aliphatic rings. The topological polar surface area (TPSA) is 122 Å². The fraction of sp³-hybridized carbons (Fsp3) is 0.0952. The van der Waals surface area contributed by atoms with Gasteiger partial charge in [0.05, 0.1) is 22.4 Å². The van der Waals surface area contributed by atoms with E-state index in [-0.39, 0.29) is 0 Å². The Morgan fingerprint density at radius 1 is 1.23 bits per heavy atom. The fourth-order valence-electron chi connectivity index (χ4n) is 3.03. The maximum atomic E-state index is 10.6. The molecule has 0 unspecified atom stereocenters. The number of carboxylic acids is 1. The van der Waals surface area contributed by atoms with E-state index in [0.717, 1.165) is 33.5 Å². The quantitative estimate of drug-likeness (QED) is 0.285. The number of hydrogen-bond acceptors (Lipinski definition) is 7. The summed E-state index contributed by atoms with van der Waals surface area (Å²) in [4.78, 5) is 17.9. The van der Waals surface area contributed by atoms with Crippen molar-refractivity contribution in [3.8, 4) is 22.8 Å². The summed E-state index contributed by atoms with van der Waals surface area (Å²) < 4.78 is 38.2. The van der Waals surface area contributed by atoms with Crippen LogP contribution in [0.2, 0.25) is 5.02 Å². The SMILES string of the molecule is Cn1ccnc1-c1cccc(-c2nsc(Nc3ccc4[nH]ncc4c3Cl)n2)c1.O=C(O)C(F)(F)F. The van der Waals surface area contributed by atoms with Gasteiger partial charge in [-0.15, -0.1) is 0 Å². The number of aromatic amines is 1. The van der Waals surface area contributed by atoms with Crippen LogP contribution >= 0.6 is 23.1 Å². The minimum absolute atomic E-state index is 0.597. The Balaban J connectivity index is 0.000000364. The van der Waals surface area contributed by atoms with Crippen molar-refractivity contribution in [1.29, 1.82) is 0 Å². The van der Waals surface area contributed by atoms with Crippen molar-refractivity contribution >= 4 is 50.8 Å². The van der Waals surface area contributed by atoms with Gasteiger partial charge in [-0.25, -0.2) is 9.78 Å². The molecule has 5 aromatic rings. The first-order chi connectivity index (χ1) is 16.6. The molecule has 3 N–H and O–H groups in total. The van der Waals surface area contributed by atoms with Gasteiger partial charge < -0.3 is 15.0 Å². The molecule has 0 fully saturated rings. The largest absolute Gasteiger partial charge is 0.490 e. The first-order valence-corrected chi connectivity index (χ1v) is 10.9. The molecule has 3 heterocycles. The number of imidazole rings is 1. The number of rotatable bonds is 4. The number of benzene rings is 2. The van der Waals surface area contributed by atoms with E-state index in [0.29, 0.717) is 16.0 Å². The third-order valence-corrected chi connectivity index (χ3v) is 5.71. The van der Waals surface area contributed by atoms with Crippen molar-refractivity contribution in [2.24, 2.45) is 7.05 Å². The van der Waals surface area contributed by atoms with Gasteiger partial charge in [-0.1, -0.05) is 29.8 Å². The molecular weight excluding hydrogens is 507 g/mol. The van der Waals surface area contributed by atoms with E-state index in [2.05, 4.69) is 29.9 Å². The van der Waals surface area contributed by atoms with Crippen molar-refractivity contribution in [3.63, 3.8) is 0 Å². The highest BCUT2D eigenvalue weighted by Crippen LogP contribution is 2.33. The van der Waals surface area contributed by atoms with Crippen molar-refractivity contribution in [2.75, 3.05) is 5.32 Å². The van der Waals surface area contributed by atoms with Crippen molar-refractivity contribution in [2.45, 2.75) is 6.18 Å². The van der Waals surface area contributed by atoms with E-state index in [4.69, 9.17) is 21.5 Å². The third-order valence-electron chi connectivity index (χ3n) is 4.67. The average Bonchev–Trinajstić information content (AvgIpc) is 3.57. The van der Waals surface area contributed by atoms with Crippen LogP contribution in [-0.2, 0) is 11.8 Å². The molecule has 14 heteroatoms. The van der Waals surface area contributed by atoms with Gasteiger partial charge in [0.15, 0.2) is 5.82 Å². The van der Waals surface area contributed by atoms with E-state index in [1.807, 2.05) is 54.2 Å². The lowest BCUT2D eigenvalue weighted by Gasteiger charge is -2.05. The zero-order valence-corrected chi connectivity index (χ0v) is 19.3. The standard InChI is InChI=1S/C19H14ClN7S.C2HF3O2/c1-27-8-7-21-18(27)12-4-2-3-11(9-12)17-24-19(28-26-17)23-15-6-5-14-13(16(15)20)10-22-25-14;3-2(4,5)1(6)7/h2-10H,1H3,(H,22,25)(H,23,24,26);(H,6,7). The molecule has 0 aliphatic heterocycles. The number of nitrogens with one attached hydrogen (secondary N) is 2. The number of aliphatic carboxylic acids is 1. The number of carbonyl (C=O) groups is 1. The van der Waals surface area contributed by atoms with Crippen LogP contribution in [0.25, 0.3) is 33.7 Å². The van der Waals surface area contributed by atoms with Crippen LogP contribution in [-0.4, -0.2) is 46.4 Å². The molecule has 0 saturated carbocycles. The summed E-state index contributed by atoms with van der Waals surface area (Å²) in [5, 5.41) is 19.4. The normalized spacial score (nSPS) is 11.2. The van der Waals surface area contributed by atoms with Crippen LogP contribution in [0.1, 0.15) is 0 Å². The molecule has 0 saturated heterocycles. The smallest absolute Gasteiger partial charge is 0.475 e. The number of nitrogens with zero attached hydrogens (tertiary/aromatic N) is 5. The monoisotopic (exact) mass is 521 g/mol. The van der Waals surface area contributed by atoms with Gasteiger partial charge in [0, 0.05) is 47.5 Å². The van der Waals surface area contributed by atoms with E-state index < -0.39 is 12.1 Å². The molecule has 3 aromatic heterocycles. The van der Waals surface area contributed by atoms with E-state index >= 15 is 0 Å². The minimum atomic E-state index is -5.08. The zero-order chi connectivity index (χ0) is 25.2. The van der Waals surface area contributed by atoms with Gasteiger partial charge >= 0.3 is 12.1 Å². The lowest BCUT2D eigenvalue weighted by Crippen LogP contribution is -2.21. The Morgan fingerprint density at radius 3 is 2.66 bits per heavy atom. The second-order valence-corrected chi connectivity index (χ2v) is 8.18. The predicted octanol–water partition coefficient (Wildman–Crippen LogP) is 5.51. The first-order valence-electron chi connectivity index (χ1n) is 9.74.